The molecular formula is C18H23N3O4. The number of nitrogens with one attached hydrogen (secondary N) is 1. The number of carbonyl (C=O) groups is 2. The van der Waals surface area contributed by atoms with Crippen LogP contribution in [-0.4, -0.2) is 46.2 Å². The predicted molar refractivity (Wildman–Crippen MR) is 89.8 cm³/mol. The highest BCUT2D eigenvalue weighted by Gasteiger charge is 2.67. The number of aromatic nitrogens is 1. The van der Waals surface area contributed by atoms with Gasteiger partial charge in [0.05, 0.1) is 30.2 Å². The van der Waals surface area contributed by atoms with Gasteiger partial charge in [-0.3, -0.25) is 14.9 Å². The van der Waals surface area contributed by atoms with Crippen LogP contribution in [0.15, 0.2) is 16.7 Å². The lowest BCUT2D eigenvalue weighted by Crippen LogP contribution is -2.42. The molecule has 0 radical (unpaired) electrons. The van der Waals surface area contributed by atoms with Gasteiger partial charge in [-0.25, -0.2) is 0 Å². The number of aryl methyl sites for hydroxylation is 1. The van der Waals surface area contributed by atoms with Crippen LogP contribution in [0.3, 0.4) is 0 Å². The molecule has 1 aromatic heterocycles. The summed E-state index contributed by atoms with van der Waals surface area (Å²) in [6.45, 7) is 8.31. The van der Waals surface area contributed by atoms with Crippen molar-refractivity contribution in [1.29, 1.82) is 0 Å². The SMILES string of the molecule is CCc1noc(NC(=O)[C@H]2[C@@H]3C=C[C@@]4(CN(C(C)C)C(=O)[C@@H]24)O3)c1C. The predicted octanol–water partition coefficient (Wildman–Crippen LogP) is 1.67. The Morgan fingerprint density at radius 1 is 1.52 bits per heavy atom. The van der Waals surface area contributed by atoms with Gasteiger partial charge in [0.15, 0.2) is 0 Å². The lowest BCUT2D eigenvalue weighted by Gasteiger charge is -2.24. The molecule has 1 spiro atoms. The second kappa shape index (κ2) is 5.42. The van der Waals surface area contributed by atoms with Gasteiger partial charge < -0.3 is 14.2 Å². The smallest absolute Gasteiger partial charge is 0.234 e. The lowest BCUT2D eigenvalue weighted by molar-refractivity contribution is -0.137. The largest absolute Gasteiger partial charge is 0.360 e. The van der Waals surface area contributed by atoms with Crippen molar-refractivity contribution < 1.29 is 18.8 Å². The molecule has 1 aromatic rings. The van der Waals surface area contributed by atoms with E-state index in [2.05, 4.69) is 10.5 Å². The standard InChI is InChI=1S/C18H23N3O4/c1-5-11-10(4)16(25-20-11)19-15(22)13-12-6-7-18(24-12)8-21(9(2)3)17(23)14(13)18/h6-7,9,12-14H,5,8H2,1-4H3,(H,19,22)/t12-,13-,14+,18-/m0/s1. The number of anilines is 1. The molecule has 2 bridgehead atoms. The van der Waals surface area contributed by atoms with Crippen molar-refractivity contribution in [2.75, 3.05) is 11.9 Å². The van der Waals surface area contributed by atoms with Crippen LogP contribution < -0.4 is 5.32 Å². The van der Waals surface area contributed by atoms with Crippen molar-refractivity contribution >= 4 is 17.7 Å². The molecule has 0 aromatic carbocycles. The van der Waals surface area contributed by atoms with E-state index in [0.717, 1.165) is 17.7 Å². The number of ether oxygens (including phenoxy) is 1. The van der Waals surface area contributed by atoms with E-state index < -0.39 is 17.4 Å². The third-order valence-corrected chi connectivity index (χ3v) is 5.65. The van der Waals surface area contributed by atoms with Crippen LogP contribution in [0, 0.1) is 18.8 Å². The van der Waals surface area contributed by atoms with Gasteiger partial charge in [-0.2, -0.15) is 0 Å². The van der Waals surface area contributed by atoms with E-state index in [1.54, 1.807) is 4.90 Å². The van der Waals surface area contributed by atoms with Crippen LogP contribution in [0.1, 0.15) is 32.0 Å². The fraction of sp³-hybridized carbons (Fsp3) is 0.611. The van der Waals surface area contributed by atoms with E-state index in [1.165, 1.54) is 0 Å². The first-order chi connectivity index (χ1) is 11.9. The summed E-state index contributed by atoms with van der Waals surface area (Å²) in [4.78, 5) is 27.6. The molecule has 3 aliphatic heterocycles. The minimum Gasteiger partial charge on any atom is -0.360 e. The van der Waals surface area contributed by atoms with Crippen molar-refractivity contribution in [2.45, 2.75) is 51.9 Å². The summed E-state index contributed by atoms with van der Waals surface area (Å²) in [6.07, 6.45) is 4.23. The topological polar surface area (TPSA) is 84.7 Å². The Morgan fingerprint density at radius 2 is 2.28 bits per heavy atom. The zero-order valence-corrected chi connectivity index (χ0v) is 14.9. The summed E-state index contributed by atoms with van der Waals surface area (Å²) < 4.78 is 11.3. The van der Waals surface area contributed by atoms with Gasteiger partial charge in [0.25, 0.3) is 0 Å². The number of nitrogens with zero attached hydrogens (tertiary/aromatic N) is 2. The Bertz CT molecular complexity index is 768. The van der Waals surface area contributed by atoms with Crippen LogP contribution in [0.5, 0.6) is 0 Å². The Hall–Kier alpha value is -2.15. The molecule has 3 aliphatic rings. The van der Waals surface area contributed by atoms with Crippen LogP contribution in [-0.2, 0) is 20.7 Å². The number of rotatable bonds is 4. The second-order valence-corrected chi connectivity index (χ2v) is 7.39. The van der Waals surface area contributed by atoms with E-state index in [1.807, 2.05) is 39.8 Å². The molecule has 2 saturated heterocycles. The van der Waals surface area contributed by atoms with Gasteiger partial charge in [-0.1, -0.05) is 24.2 Å². The summed E-state index contributed by atoms with van der Waals surface area (Å²) >= 11 is 0. The van der Waals surface area contributed by atoms with E-state index in [0.29, 0.717) is 12.4 Å². The Morgan fingerprint density at radius 3 is 2.92 bits per heavy atom. The Labute approximate surface area is 146 Å². The molecule has 25 heavy (non-hydrogen) atoms. The van der Waals surface area contributed by atoms with Crippen LogP contribution in [0.4, 0.5) is 5.88 Å². The molecule has 4 atom stereocenters. The van der Waals surface area contributed by atoms with Crippen molar-refractivity contribution in [2.24, 2.45) is 11.8 Å². The first-order valence-electron chi connectivity index (χ1n) is 8.81. The molecule has 2 amide bonds. The fourth-order valence-corrected chi connectivity index (χ4v) is 4.27. The molecule has 7 heteroatoms. The number of amides is 2. The number of hydrogen-bond donors (Lipinski definition) is 1. The van der Waals surface area contributed by atoms with E-state index in [-0.39, 0.29) is 24.0 Å². The van der Waals surface area contributed by atoms with E-state index >= 15 is 0 Å². The minimum atomic E-state index is -0.668. The number of carbonyl (C=O) groups excluding carboxylic acids is 2. The monoisotopic (exact) mass is 345 g/mol. The van der Waals surface area contributed by atoms with Crippen molar-refractivity contribution in [3.05, 3.63) is 23.4 Å². The van der Waals surface area contributed by atoms with Gasteiger partial charge in [-0.15, -0.1) is 0 Å². The number of hydrogen-bond acceptors (Lipinski definition) is 5. The van der Waals surface area contributed by atoms with E-state index in [4.69, 9.17) is 9.26 Å². The maximum Gasteiger partial charge on any atom is 0.234 e. The normalized spacial score (nSPS) is 32.8. The maximum atomic E-state index is 12.9. The average molecular weight is 345 g/mol. The van der Waals surface area contributed by atoms with Gasteiger partial charge in [0.1, 0.15) is 5.60 Å². The van der Waals surface area contributed by atoms with E-state index in [9.17, 15) is 9.59 Å². The van der Waals surface area contributed by atoms with Gasteiger partial charge >= 0.3 is 0 Å². The molecule has 7 nitrogen and oxygen atoms in total. The molecule has 2 fully saturated rings. The molecule has 0 unspecified atom stereocenters. The molecular weight excluding hydrogens is 322 g/mol. The quantitative estimate of drug-likeness (QED) is 0.839. The molecule has 4 heterocycles. The number of fused-ring (bicyclic) bond motifs is 1. The third-order valence-electron chi connectivity index (χ3n) is 5.65. The highest BCUT2D eigenvalue weighted by atomic mass is 16.5. The van der Waals surface area contributed by atoms with Crippen molar-refractivity contribution in [3.63, 3.8) is 0 Å². The summed E-state index contributed by atoms with van der Waals surface area (Å²) in [7, 11) is 0. The zero-order valence-electron chi connectivity index (χ0n) is 14.9. The lowest BCUT2D eigenvalue weighted by atomic mass is 9.77. The fourth-order valence-electron chi connectivity index (χ4n) is 4.27. The highest BCUT2D eigenvalue weighted by Crippen LogP contribution is 2.52. The molecule has 0 saturated carbocycles. The molecule has 134 valence electrons. The van der Waals surface area contributed by atoms with Gasteiger partial charge in [0, 0.05) is 11.6 Å². The number of likely N-dealkylation sites (tertiary alicyclic amines) is 1. The van der Waals surface area contributed by atoms with Gasteiger partial charge in [-0.05, 0) is 27.2 Å². The van der Waals surface area contributed by atoms with Crippen molar-refractivity contribution in [3.8, 4) is 0 Å². The van der Waals surface area contributed by atoms with Crippen molar-refractivity contribution in [1.82, 2.24) is 10.1 Å². The molecule has 1 N–H and O–H groups in total. The Kier molecular flexibility index (Phi) is 3.54. The van der Waals surface area contributed by atoms with Gasteiger partial charge in [0.2, 0.25) is 17.7 Å². The first-order valence-corrected chi connectivity index (χ1v) is 8.81. The van der Waals surface area contributed by atoms with Crippen LogP contribution in [0.25, 0.3) is 0 Å². The second-order valence-electron chi connectivity index (χ2n) is 7.39. The third kappa shape index (κ3) is 2.18. The van der Waals surface area contributed by atoms with Crippen LogP contribution in [0.2, 0.25) is 0 Å². The summed E-state index contributed by atoms with van der Waals surface area (Å²) in [5.41, 5.74) is 0.976. The maximum absolute atomic E-state index is 12.9. The molecule has 4 rings (SSSR count). The molecule has 0 aliphatic carbocycles. The van der Waals surface area contributed by atoms with Crippen LogP contribution >= 0.6 is 0 Å². The first kappa shape index (κ1) is 16.3. The average Bonchev–Trinajstić information content (AvgIpc) is 3.29. The summed E-state index contributed by atoms with van der Waals surface area (Å²) in [5, 5.41) is 6.78. The minimum absolute atomic E-state index is 0.00876. The summed E-state index contributed by atoms with van der Waals surface area (Å²) in [6, 6.07) is 0.0795. The summed E-state index contributed by atoms with van der Waals surface area (Å²) in [5.74, 6) is -0.920. The highest BCUT2D eigenvalue weighted by molar-refractivity contribution is 5.98. The zero-order chi connectivity index (χ0) is 17.9. The Balaban J connectivity index is 1.60.